The first kappa shape index (κ1) is 18.0. The molecule has 0 spiro atoms. The quantitative estimate of drug-likeness (QED) is 0.783. The topological polar surface area (TPSA) is 88.9 Å². The number of carbonyl (C=O) groups excluding carboxylic acids is 2. The molecule has 1 aromatic heterocycles. The molecule has 7 nitrogen and oxygen atoms in total. The summed E-state index contributed by atoms with van der Waals surface area (Å²) in [7, 11) is 0. The van der Waals surface area contributed by atoms with E-state index in [-0.39, 0.29) is 5.91 Å². The van der Waals surface area contributed by atoms with Gasteiger partial charge < -0.3 is 9.88 Å². The van der Waals surface area contributed by atoms with Crippen LogP contribution in [0.1, 0.15) is 20.8 Å². The molecule has 1 heterocycles. The van der Waals surface area contributed by atoms with Crippen LogP contribution in [-0.4, -0.2) is 38.5 Å². The highest BCUT2D eigenvalue weighted by Gasteiger charge is 2.21. The van der Waals surface area contributed by atoms with Gasteiger partial charge in [-0.15, -0.1) is 10.2 Å². The second-order valence-electron chi connectivity index (χ2n) is 5.03. The summed E-state index contributed by atoms with van der Waals surface area (Å²) >= 11 is 1.28. The lowest BCUT2D eigenvalue weighted by Crippen LogP contribution is -2.42. The number of rotatable bonds is 6. The van der Waals surface area contributed by atoms with Gasteiger partial charge in [0.05, 0.1) is 5.25 Å². The van der Waals surface area contributed by atoms with Crippen LogP contribution in [0.2, 0.25) is 0 Å². The molecule has 0 saturated heterocycles. The third-order valence-electron chi connectivity index (χ3n) is 3.29. The zero-order valence-corrected chi connectivity index (χ0v) is 14.8. The fourth-order valence-corrected chi connectivity index (χ4v) is 3.00. The monoisotopic (exact) mass is 347 g/mol. The highest BCUT2D eigenvalue weighted by atomic mass is 32.2. The van der Waals surface area contributed by atoms with E-state index in [1.165, 1.54) is 11.8 Å². The molecule has 0 radical (unpaired) electrons. The van der Waals surface area contributed by atoms with E-state index in [0.717, 1.165) is 11.4 Å². The zero-order valence-electron chi connectivity index (χ0n) is 13.9. The van der Waals surface area contributed by atoms with Gasteiger partial charge in [-0.1, -0.05) is 42.1 Å². The normalized spacial score (nSPS) is 11.8. The van der Waals surface area contributed by atoms with E-state index in [9.17, 15) is 9.59 Å². The number of nitrogens with one attached hydrogen (secondary N) is 2. The Bertz CT molecular complexity index is 702. The van der Waals surface area contributed by atoms with Gasteiger partial charge in [-0.3, -0.25) is 10.1 Å². The van der Waals surface area contributed by atoms with Crippen molar-refractivity contribution in [3.63, 3.8) is 0 Å². The highest BCUT2D eigenvalue weighted by Crippen LogP contribution is 2.26. The minimum atomic E-state index is -0.489. The van der Waals surface area contributed by atoms with E-state index in [0.29, 0.717) is 18.2 Å². The molecule has 128 valence electrons. The molecule has 3 amide bonds. The number of hydrogen-bond acceptors (Lipinski definition) is 5. The number of nitrogens with zero attached hydrogens (tertiary/aromatic N) is 3. The average Bonchev–Trinajstić information content (AvgIpc) is 2.98. The van der Waals surface area contributed by atoms with Gasteiger partial charge in [0.1, 0.15) is 0 Å². The summed E-state index contributed by atoms with van der Waals surface area (Å²) in [6.07, 6.45) is 0. The van der Waals surface area contributed by atoms with Crippen LogP contribution in [0, 0.1) is 0 Å². The van der Waals surface area contributed by atoms with Crippen molar-refractivity contribution in [3.05, 3.63) is 30.3 Å². The molecule has 0 fully saturated rings. The first-order valence-electron chi connectivity index (χ1n) is 7.80. The Hall–Kier alpha value is -2.35. The molecule has 0 aliphatic rings. The van der Waals surface area contributed by atoms with Crippen LogP contribution < -0.4 is 10.6 Å². The predicted octanol–water partition coefficient (Wildman–Crippen LogP) is 2.29. The summed E-state index contributed by atoms with van der Waals surface area (Å²) in [6.45, 7) is 6.67. The highest BCUT2D eigenvalue weighted by molar-refractivity contribution is 8.00. The lowest BCUT2D eigenvalue weighted by molar-refractivity contribution is -0.119. The average molecular weight is 347 g/mol. The van der Waals surface area contributed by atoms with Gasteiger partial charge in [-0.2, -0.15) is 0 Å². The first-order valence-corrected chi connectivity index (χ1v) is 8.68. The molecule has 8 heteroatoms. The van der Waals surface area contributed by atoms with Crippen LogP contribution in [0.25, 0.3) is 11.4 Å². The number of urea groups is 1. The lowest BCUT2D eigenvalue weighted by Gasteiger charge is -2.12. The van der Waals surface area contributed by atoms with Crippen molar-refractivity contribution >= 4 is 23.7 Å². The van der Waals surface area contributed by atoms with Gasteiger partial charge in [0.25, 0.3) is 0 Å². The van der Waals surface area contributed by atoms with Gasteiger partial charge in [0.15, 0.2) is 11.0 Å². The molecule has 0 bridgehead atoms. The molecule has 1 aromatic carbocycles. The molecular weight excluding hydrogens is 326 g/mol. The summed E-state index contributed by atoms with van der Waals surface area (Å²) in [6, 6.07) is 9.28. The Kier molecular flexibility index (Phi) is 6.36. The van der Waals surface area contributed by atoms with Crippen LogP contribution in [0.4, 0.5) is 4.79 Å². The molecule has 2 rings (SSSR count). The standard InChI is InChI=1S/C16H21N5O2S/c1-4-17-15(23)18-14(22)11(3)24-16-20-19-13(21(16)5-2)12-9-7-6-8-10-12/h6-11H,4-5H2,1-3H3,(H2,17,18,22,23)/t11-/m1/s1. The third kappa shape index (κ3) is 4.35. The Labute approximate surface area is 145 Å². The summed E-state index contributed by atoms with van der Waals surface area (Å²) in [5.74, 6) is 0.398. The number of carbonyl (C=O) groups is 2. The second kappa shape index (κ2) is 8.49. The number of thioether (sulfide) groups is 1. The molecule has 0 unspecified atom stereocenters. The molecule has 2 aromatic rings. The fourth-order valence-electron chi connectivity index (χ4n) is 2.09. The van der Waals surface area contributed by atoms with E-state index in [4.69, 9.17) is 0 Å². The third-order valence-corrected chi connectivity index (χ3v) is 4.37. The molecular formula is C16H21N5O2S. The number of benzene rings is 1. The molecule has 0 aliphatic carbocycles. The Balaban J connectivity index is 2.11. The second-order valence-corrected chi connectivity index (χ2v) is 6.33. The Morgan fingerprint density at radius 2 is 1.92 bits per heavy atom. The van der Waals surface area contributed by atoms with Crippen LogP contribution in [0.15, 0.2) is 35.5 Å². The lowest BCUT2D eigenvalue weighted by atomic mass is 10.2. The number of amides is 3. The maximum Gasteiger partial charge on any atom is 0.321 e. The van der Waals surface area contributed by atoms with Crippen LogP contribution >= 0.6 is 11.8 Å². The molecule has 0 saturated carbocycles. The largest absolute Gasteiger partial charge is 0.338 e. The minimum Gasteiger partial charge on any atom is -0.338 e. The number of hydrogen-bond donors (Lipinski definition) is 2. The van der Waals surface area contributed by atoms with Gasteiger partial charge in [0.2, 0.25) is 5.91 Å². The van der Waals surface area contributed by atoms with Crippen molar-refractivity contribution < 1.29 is 9.59 Å². The maximum absolute atomic E-state index is 12.1. The number of aromatic nitrogens is 3. The first-order chi connectivity index (χ1) is 11.6. The zero-order chi connectivity index (χ0) is 17.5. The van der Waals surface area contributed by atoms with Crippen molar-refractivity contribution in [1.82, 2.24) is 25.4 Å². The van der Waals surface area contributed by atoms with E-state index in [2.05, 4.69) is 20.8 Å². The fraction of sp³-hybridized carbons (Fsp3) is 0.375. The van der Waals surface area contributed by atoms with Gasteiger partial charge in [0, 0.05) is 18.7 Å². The summed E-state index contributed by atoms with van der Waals surface area (Å²) in [5, 5.41) is 13.5. The van der Waals surface area contributed by atoms with Crippen LogP contribution in [0.5, 0.6) is 0 Å². The molecule has 0 aliphatic heterocycles. The van der Waals surface area contributed by atoms with E-state index in [1.54, 1.807) is 13.8 Å². The van der Waals surface area contributed by atoms with Crippen molar-refractivity contribution in [3.8, 4) is 11.4 Å². The van der Waals surface area contributed by atoms with Gasteiger partial charge in [-0.25, -0.2) is 4.79 Å². The predicted molar refractivity (Wildman–Crippen MR) is 93.7 cm³/mol. The van der Waals surface area contributed by atoms with Crippen molar-refractivity contribution in [2.45, 2.75) is 37.7 Å². The molecule has 2 N–H and O–H groups in total. The Morgan fingerprint density at radius 3 is 2.54 bits per heavy atom. The summed E-state index contributed by atoms with van der Waals surface area (Å²) in [5.41, 5.74) is 0.970. The Morgan fingerprint density at radius 1 is 1.21 bits per heavy atom. The van der Waals surface area contributed by atoms with E-state index in [1.807, 2.05) is 41.8 Å². The molecule has 1 atom stereocenters. The summed E-state index contributed by atoms with van der Waals surface area (Å²) in [4.78, 5) is 23.5. The van der Waals surface area contributed by atoms with E-state index >= 15 is 0 Å². The summed E-state index contributed by atoms with van der Waals surface area (Å²) < 4.78 is 1.95. The van der Waals surface area contributed by atoms with E-state index < -0.39 is 11.3 Å². The van der Waals surface area contributed by atoms with Crippen LogP contribution in [0.3, 0.4) is 0 Å². The smallest absolute Gasteiger partial charge is 0.321 e. The van der Waals surface area contributed by atoms with Crippen molar-refractivity contribution in [2.75, 3.05) is 6.54 Å². The maximum atomic E-state index is 12.1. The van der Waals surface area contributed by atoms with Gasteiger partial charge in [-0.05, 0) is 20.8 Å². The number of imide groups is 1. The minimum absolute atomic E-state index is 0.363. The van der Waals surface area contributed by atoms with Crippen molar-refractivity contribution in [2.24, 2.45) is 0 Å². The van der Waals surface area contributed by atoms with Crippen molar-refractivity contribution in [1.29, 1.82) is 0 Å². The van der Waals surface area contributed by atoms with Crippen LogP contribution in [-0.2, 0) is 11.3 Å². The van der Waals surface area contributed by atoms with Gasteiger partial charge >= 0.3 is 6.03 Å². The molecule has 24 heavy (non-hydrogen) atoms. The SMILES string of the molecule is CCNC(=O)NC(=O)[C@@H](C)Sc1nnc(-c2ccccc2)n1CC.